The van der Waals surface area contributed by atoms with E-state index in [1.165, 1.54) is 11.3 Å². The van der Waals surface area contributed by atoms with E-state index in [2.05, 4.69) is 53.3 Å². The first-order valence-corrected chi connectivity index (χ1v) is 4.91. The molecule has 1 aromatic carbocycles. The Labute approximate surface area is 82.3 Å². The zero-order chi connectivity index (χ0) is 9.14. The number of rotatable bonds is 2. The van der Waals surface area contributed by atoms with Crippen LogP contribution in [0.15, 0.2) is 22.7 Å². The van der Waals surface area contributed by atoms with Crippen molar-refractivity contribution in [2.45, 2.75) is 19.8 Å². The molecular weight excluding hydrogens is 214 g/mol. The second kappa shape index (κ2) is 3.94. The summed E-state index contributed by atoms with van der Waals surface area (Å²) in [5.41, 5.74) is 2.57. The van der Waals surface area contributed by atoms with Crippen molar-refractivity contribution in [1.29, 1.82) is 0 Å². The number of nitrogens with one attached hydrogen (secondary N) is 1. The molecule has 1 aromatic rings. The smallest absolute Gasteiger partial charge is 0.0373 e. The molecule has 0 saturated heterocycles. The summed E-state index contributed by atoms with van der Waals surface area (Å²) in [5, 5.41) is 3.18. The van der Waals surface area contributed by atoms with E-state index in [0.29, 0.717) is 5.92 Å². The molecule has 0 unspecified atom stereocenters. The maximum Gasteiger partial charge on any atom is 0.0373 e. The standard InChI is InChI=1S/C10H14BrN/c1-7(2)9-6-8(11)4-5-10(9)12-3/h4-7,12H,1-3H3. The van der Waals surface area contributed by atoms with Crippen LogP contribution in [0.3, 0.4) is 0 Å². The molecule has 0 aromatic heterocycles. The highest BCUT2D eigenvalue weighted by atomic mass is 79.9. The van der Waals surface area contributed by atoms with Gasteiger partial charge in [0.2, 0.25) is 0 Å². The molecule has 1 nitrogen and oxygen atoms in total. The van der Waals surface area contributed by atoms with Crippen molar-refractivity contribution in [3.8, 4) is 0 Å². The summed E-state index contributed by atoms with van der Waals surface area (Å²) < 4.78 is 1.14. The summed E-state index contributed by atoms with van der Waals surface area (Å²) in [7, 11) is 1.95. The predicted molar refractivity (Wildman–Crippen MR) is 57.8 cm³/mol. The van der Waals surface area contributed by atoms with E-state index in [1.807, 2.05) is 7.05 Å². The SMILES string of the molecule is CNc1ccc(Br)cc1C(C)C. The van der Waals surface area contributed by atoms with Crippen molar-refractivity contribution < 1.29 is 0 Å². The Bertz CT molecular complexity index is 269. The van der Waals surface area contributed by atoms with Crippen LogP contribution in [0.5, 0.6) is 0 Å². The van der Waals surface area contributed by atoms with Crippen LogP contribution in [0.25, 0.3) is 0 Å². The second-order valence-corrected chi connectivity index (χ2v) is 4.05. The molecule has 0 heterocycles. The van der Waals surface area contributed by atoms with Crippen molar-refractivity contribution in [2.24, 2.45) is 0 Å². The van der Waals surface area contributed by atoms with Crippen molar-refractivity contribution in [1.82, 2.24) is 0 Å². The van der Waals surface area contributed by atoms with E-state index in [-0.39, 0.29) is 0 Å². The van der Waals surface area contributed by atoms with Gasteiger partial charge in [-0.25, -0.2) is 0 Å². The average Bonchev–Trinajstić information content (AvgIpc) is 2.04. The van der Waals surface area contributed by atoms with Crippen molar-refractivity contribution >= 4 is 21.6 Å². The third-order valence-corrected chi connectivity index (χ3v) is 2.40. The molecule has 0 saturated carbocycles. The zero-order valence-electron chi connectivity index (χ0n) is 7.69. The van der Waals surface area contributed by atoms with E-state index in [4.69, 9.17) is 0 Å². The fourth-order valence-electron chi connectivity index (χ4n) is 1.24. The lowest BCUT2D eigenvalue weighted by Gasteiger charge is -2.12. The molecule has 66 valence electrons. The summed E-state index contributed by atoms with van der Waals surface area (Å²) >= 11 is 3.47. The summed E-state index contributed by atoms with van der Waals surface area (Å²) in [5.74, 6) is 0.560. The summed E-state index contributed by atoms with van der Waals surface area (Å²) in [6.07, 6.45) is 0. The van der Waals surface area contributed by atoms with Crippen LogP contribution in [-0.2, 0) is 0 Å². The first-order chi connectivity index (χ1) is 5.65. The lowest BCUT2D eigenvalue weighted by atomic mass is 10.0. The largest absolute Gasteiger partial charge is 0.388 e. The maximum atomic E-state index is 3.47. The maximum absolute atomic E-state index is 3.47. The van der Waals surface area contributed by atoms with Gasteiger partial charge in [-0.1, -0.05) is 29.8 Å². The van der Waals surface area contributed by atoms with Gasteiger partial charge in [-0.05, 0) is 29.7 Å². The van der Waals surface area contributed by atoms with Crippen LogP contribution in [0, 0.1) is 0 Å². The molecule has 0 aliphatic heterocycles. The summed E-state index contributed by atoms with van der Waals surface area (Å²) in [6.45, 7) is 4.39. The lowest BCUT2D eigenvalue weighted by molar-refractivity contribution is 0.867. The van der Waals surface area contributed by atoms with Crippen LogP contribution >= 0.6 is 15.9 Å². The van der Waals surface area contributed by atoms with Gasteiger partial charge in [-0.2, -0.15) is 0 Å². The summed E-state index contributed by atoms with van der Waals surface area (Å²) in [4.78, 5) is 0. The highest BCUT2D eigenvalue weighted by molar-refractivity contribution is 9.10. The highest BCUT2D eigenvalue weighted by Gasteiger charge is 2.04. The van der Waals surface area contributed by atoms with Crippen molar-refractivity contribution in [3.63, 3.8) is 0 Å². The first kappa shape index (κ1) is 9.59. The van der Waals surface area contributed by atoms with E-state index < -0.39 is 0 Å². The monoisotopic (exact) mass is 227 g/mol. The normalized spacial score (nSPS) is 10.4. The number of halogens is 1. The number of hydrogen-bond donors (Lipinski definition) is 1. The van der Waals surface area contributed by atoms with Gasteiger partial charge in [0.25, 0.3) is 0 Å². The molecule has 1 rings (SSSR count). The van der Waals surface area contributed by atoms with E-state index in [9.17, 15) is 0 Å². The van der Waals surface area contributed by atoms with Gasteiger partial charge < -0.3 is 5.32 Å². The van der Waals surface area contributed by atoms with Crippen molar-refractivity contribution in [2.75, 3.05) is 12.4 Å². The third-order valence-electron chi connectivity index (χ3n) is 1.90. The van der Waals surface area contributed by atoms with Crippen LogP contribution in [0.2, 0.25) is 0 Å². The van der Waals surface area contributed by atoms with Crippen LogP contribution in [-0.4, -0.2) is 7.05 Å². The van der Waals surface area contributed by atoms with Crippen LogP contribution in [0.4, 0.5) is 5.69 Å². The minimum Gasteiger partial charge on any atom is -0.388 e. The molecular formula is C10H14BrN. The minimum absolute atomic E-state index is 0.560. The van der Waals surface area contributed by atoms with E-state index >= 15 is 0 Å². The topological polar surface area (TPSA) is 12.0 Å². The van der Waals surface area contributed by atoms with Gasteiger partial charge in [0, 0.05) is 17.2 Å². The molecule has 2 heteroatoms. The van der Waals surface area contributed by atoms with E-state index in [0.717, 1.165) is 4.47 Å². The molecule has 0 aliphatic carbocycles. The van der Waals surface area contributed by atoms with Gasteiger partial charge in [-0.3, -0.25) is 0 Å². The average molecular weight is 228 g/mol. The van der Waals surface area contributed by atoms with Gasteiger partial charge in [0.05, 0.1) is 0 Å². The molecule has 0 spiro atoms. The molecule has 0 fully saturated rings. The Morgan fingerprint density at radius 3 is 2.50 bits per heavy atom. The third kappa shape index (κ3) is 2.01. The van der Waals surface area contributed by atoms with Gasteiger partial charge >= 0.3 is 0 Å². The number of anilines is 1. The Hall–Kier alpha value is -0.500. The Balaban J connectivity index is 3.12. The molecule has 0 aliphatic rings. The Morgan fingerprint density at radius 1 is 1.33 bits per heavy atom. The van der Waals surface area contributed by atoms with Crippen LogP contribution < -0.4 is 5.32 Å². The lowest BCUT2D eigenvalue weighted by Crippen LogP contribution is -1.96. The number of hydrogen-bond acceptors (Lipinski definition) is 1. The molecule has 12 heavy (non-hydrogen) atoms. The molecule has 0 amide bonds. The first-order valence-electron chi connectivity index (χ1n) is 4.12. The van der Waals surface area contributed by atoms with Gasteiger partial charge in [-0.15, -0.1) is 0 Å². The molecule has 1 N–H and O–H groups in total. The minimum atomic E-state index is 0.560. The molecule has 0 atom stereocenters. The van der Waals surface area contributed by atoms with Crippen LogP contribution in [0.1, 0.15) is 25.3 Å². The van der Waals surface area contributed by atoms with Gasteiger partial charge in [0.15, 0.2) is 0 Å². The fraction of sp³-hybridized carbons (Fsp3) is 0.400. The zero-order valence-corrected chi connectivity index (χ0v) is 9.27. The fourth-order valence-corrected chi connectivity index (χ4v) is 1.62. The Morgan fingerprint density at radius 2 is 2.00 bits per heavy atom. The molecule has 0 bridgehead atoms. The van der Waals surface area contributed by atoms with Crippen molar-refractivity contribution in [3.05, 3.63) is 28.2 Å². The summed E-state index contributed by atoms with van der Waals surface area (Å²) in [6, 6.07) is 6.31. The number of benzene rings is 1. The molecule has 0 radical (unpaired) electrons. The van der Waals surface area contributed by atoms with E-state index in [1.54, 1.807) is 0 Å². The Kier molecular flexibility index (Phi) is 3.15. The second-order valence-electron chi connectivity index (χ2n) is 3.14. The quantitative estimate of drug-likeness (QED) is 0.815. The highest BCUT2D eigenvalue weighted by Crippen LogP contribution is 2.26. The van der Waals surface area contributed by atoms with Gasteiger partial charge in [0.1, 0.15) is 0 Å². The predicted octanol–water partition coefficient (Wildman–Crippen LogP) is 3.61.